The molecule has 14 heavy (non-hydrogen) atoms. The highest BCUT2D eigenvalue weighted by atomic mass is 35.5. The summed E-state index contributed by atoms with van der Waals surface area (Å²) < 4.78 is 4.94. The van der Waals surface area contributed by atoms with Gasteiger partial charge in [-0.3, -0.25) is 0 Å². The van der Waals surface area contributed by atoms with Crippen molar-refractivity contribution in [3.63, 3.8) is 0 Å². The third-order valence-corrected chi connectivity index (χ3v) is 1.84. The minimum absolute atomic E-state index is 0.00916. The van der Waals surface area contributed by atoms with Gasteiger partial charge in [-0.2, -0.15) is 0 Å². The third kappa shape index (κ3) is 2.64. The third-order valence-electron chi connectivity index (χ3n) is 1.51. The second-order valence-corrected chi connectivity index (χ2v) is 3.53. The van der Waals surface area contributed by atoms with Gasteiger partial charge >= 0.3 is 5.97 Å². The average molecular weight is 215 g/mol. The molecule has 0 saturated heterocycles. The first kappa shape index (κ1) is 10.9. The van der Waals surface area contributed by atoms with Crippen LogP contribution in [0.2, 0.25) is 5.02 Å². The first-order valence-corrected chi connectivity index (χ1v) is 4.58. The summed E-state index contributed by atoms with van der Waals surface area (Å²) in [7, 11) is 0. The van der Waals surface area contributed by atoms with E-state index in [0.29, 0.717) is 0 Å². The van der Waals surface area contributed by atoms with Crippen LogP contribution in [0, 0.1) is 0 Å². The van der Waals surface area contributed by atoms with Crippen molar-refractivity contribution in [1.29, 1.82) is 0 Å². The fraction of sp³-hybridized carbons (Fsp3) is 0.300. The van der Waals surface area contributed by atoms with Gasteiger partial charge in [-0.25, -0.2) is 4.79 Å². The number of phenols is 1. The molecule has 1 aromatic carbocycles. The Kier molecular flexibility index (Phi) is 3.36. The van der Waals surface area contributed by atoms with Gasteiger partial charge in [0.05, 0.1) is 16.7 Å². The molecule has 1 N–H and O–H groups in total. The van der Waals surface area contributed by atoms with Crippen LogP contribution >= 0.6 is 11.6 Å². The second-order valence-electron chi connectivity index (χ2n) is 3.12. The molecule has 0 fully saturated rings. The lowest BCUT2D eigenvalue weighted by atomic mass is 10.2. The van der Waals surface area contributed by atoms with Crippen molar-refractivity contribution >= 4 is 17.6 Å². The van der Waals surface area contributed by atoms with Crippen molar-refractivity contribution < 1.29 is 14.6 Å². The molecular formula is C10H11ClO3. The fourth-order valence-corrected chi connectivity index (χ4v) is 1.14. The zero-order valence-corrected chi connectivity index (χ0v) is 8.71. The van der Waals surface area contributed by atoms with Crippen LogP contribution in [0.1, 0.15) is 24.2 Å². The number of aromatic hydroxyl groups is 1. The number of phenolic OH excluding ortho intramolecular Hbond substituents is 1. The Morgan fingerprint density at radius 3 is 2.71 bits per heavy atom. The average Bonchev–Trinajstić information content (AvgIpc) is 2.08. The van der Waals surface area contributed by atoms with E-state index >= 15 is 0 Å². The van der Waals surface area contributed by atoms with E-state index in [0.717, 1.165) is 0 Å². The molecule has 0 aromatic heterocycles. The molecule has 0 amide bonds. The predicted molar refractivity (Wildman–Crippen MR) is 53.7 cm³/mol. The van der Waals surface area contributed by atoms with Crippen LogP contribution in [-0.4, -0.2) is 17.2 Å². The molecule has 3 nitrogen and oxygen atoms in total. The van der Waals surface area contributed by atoms with Crippen molar-refractivity contribution in [2.75, 3.05) is 0 Å². The first-order valence-electron chi connectivity index (χ1n) is 4.20. The summed E-state index contributed by atoms with van der Waals surface area (Å²) in [6, 6.07) is 4.15. The van der Waals surface area contributed by atoms with Gasteiger partial charge in [0.15, 0.2) is 0 Å². The van der Waals surface area contributed by atoms with E-state index in [4.69, 9.17) is 21.4 Å². The molecule has 0 atom stereocenters. The molecule has 0 radical (unpaired) electrons. The van der Waals surface area contributed by atoms with E-state index in [1.165, 1.54) is 18.2 Å². The minimum atomic E-state index is -0.527. The summed E-state index contributed by atoms with van der Waals surface area (Å²) in [5.74, 6) is -0.536. The predicted octanol–water partition coefficient (Wildman–Crippen LogP) is 2.61. The highest BCUT2D eigenvalue weighted by molar-refractivity contribution is 6.33. The number of carbonyl (C=O) groups is 1. The Labute approximate surface area is 87.3 Å². The van der Waals surface area contributed by atoms with Gasteiger partial charge in [-0.1, -0.05) is 11.6 Å². The summed E-state index contributed by atoms with van der Waals surface area (Å²) >= 11 is 5.76. The summed E-state index contributed by atoms with van der Waals surface area (Å²) in [5.41, 5.74) is 0.181. The Morgan fingerprint density at radius 1 is 1.50 bits per heavy atom. The van der Waals surface area contributed by atoms with Crippen LogP contribution < -0.4 is 0 Å². The normalized spacial score (nSPS) is 10.3. The molecule has 0 saturated carbocycles. The van der Waals surface area contributed by atoms with Gasteiger partial charge in [0, 0.05) is 0 Å². The van der Waals surface area contributed by atoms with Crippen molar-refractivity contribution in [3.05, 3.63) is 28.8 Å². The quantitative estimate of drug-likeness (QED) is 0.770. The Bertz CT molecular complexity index is 347. The highest BCUT2D eigenvalue weighted by Gasteiger charge is 2.13. The molecule has 0 spiro atoms. The van der Waals surface area contributed by atoms with Crippen molar-refractivity contribution in [2.24, 2.45) is 0 Å². The molecule has 0 aliphatic rings. The van der Waals surface area contributed by atoms with Gasteiger partial charge in [0.25, 0.3) is 0 Å². The molecule has 0 bridgehead atoms. The lowest BCUT2D eigenvalue weighted by Crippen LogP contribution is -2.11. The Balaban J connectivity index is 2.94. The van der Waals surface area contributed by atoms with E-state index in [-0.39, 0.29) is 22.4 Å². The number of benzene rings is 1. The molecule has 0 unspecified atom stereocenters. The first-order chi connectivity index (χ1) is 6.50. The van der Waals surface area contributed by atoms with E-state index in [1.807, 2.05) is 0 Å². The van der Waals surface area contributed by atoms with Gasteiger partial charge in [-0.15, -0.1) is 0 Å². The monoisotopic (exact) mass is 214 g/mol. The number of ether oxygens (including phenoxy) is 1. The standard InChI is InChI=1S/C10H11ClO3/c1-6(2)14-10(13)8-5-7(12)3-4-9(8)11/h3-6,12H,1-2H3. The zero-order chi connectivity index (χ0) is 10.7. The summed E-state index contributed by atoms with van der Waals surface area (Å²) in [5, 5.41) is 9.43. The molecule has 0 aliphatic carbocycles. The molecule has 76 valence electrons. The van der Waals surface area contributed by atoms with Crippen LogP contribution in [0.4, 0.5) is 0 Å². The summed E-state index contributed by atoms with van der Waals surface area (Å²) in [6.45, 7) is 3.49. The lowest BCUT2D eigenvalue weighted by molar-refractivity contribution is 0.0377. The maximum absolute atomic E-state index is 11.4. The molecule has 4 heteroatoms. The fourth-order valence-electron chi connectivity index (χ4n) is 0.947. The molecule has 1 rings (SSSR count). The van der Waals surface area contributed by atoms with Gasteiger partial charge in [0.2, 0.25) is 0 Å². The lowest BCUT2D eigenvalue weighted by Gasteiger charge is -2.08. The maximum atomic E-state index is 11.4. The van der Waals surface area contributed by atoms with Gasteiger partial charge in [0.1, 0.15) is 5.75 Å². The number of esters is 1. The van der Waals surface area contributed by atoms with Crippen molar-refractivity contribution in [3.8, 4) is 5.75 Å². The van der Waals surface area contributed by atoms with Crippen LogP contribution in [0.3, 0.4) is 0 Å². The zero-order valence-electron chi connectivity index (χ0n) is 7.95. The summed E-state index contributed by atoms with van der Waals surface area (Å²) in [6.07, 6.45) is -0.207. The van der Waals surface area contributed by atoms with Gasteiger partial charge < -0.3 is 9.84 Å². The number of halogens is 1. The van der Waals surface area contributed by atoms with E-state index in [1.54, 1.807) is 13.8 Å². The van der Waals surface area contributed by atoms with Crippen LogP contribution in [0.25, 0.3) is 0 Å². The molecule has 1 aromatic rings. The number of rotatable bonds is 2. The number of carbonyl (C=O) groups excluding carboxylic acids is 1. The molecule has 0 aliphatic heterocycles. The number of hydrogen-bond donors (Lipinski definition) is 1. The van der Waals surface area contributed by atoms with Crippen LogP contribution in [0.5, 0.6) is 5.75 Å². The van der Waals surface area contributed by atoms with E-state index in [2.05, 4.69) is 0 Å². The minimum Gasteiger partial charge on any atom is -0.508 e. The Morgan fingerprint density at radius 2 is 2.14 bits per heavy atom. The molecule has 0 heterocycles. The number of hydrogen-bond acceptors (Lipinski definition) is 3. The Hall–Kier alpha value is -1.22. The SMILES string of the molecule is CC(C)OC(=O)c1cc(O)ccc1Cl. The second kappa shape index (κ2) is 4.33. The summed E-state index contributed by atoms with van der Waals surface area (Å²) in [4.78, 5) is 11.4. The van der Waals surface area contributed by atoms with Crippen LogP contribution in [0.15, 0.2) is 18.2 Å². The highest BCUT2D eigenvalue weighted by Crippen LogP contribution is 2.22. The smallest absolute Gasteiger partial charge is 0.340 e. The van der Waals surface area contributed by atoms with E-state index < -0.39 is 5.97 Å². The van der Waals surface area contributed by atoms with Crippen molar-refractivity contribution in [1.82, 2.24) is 0 Å². The van der Waals surface area contributed by atoms with Crippen LogP contribution in [-0.2, 0) is 4.74 Å². The topological polar surface area (TPSA) is 46.5 Å². The van der Waals surface area contributed by atoms with Crippen molar-refractivity contribution in [2.45, 2.75) is 20.0 Å². The maximum Gasteiger partial charge on any atom is 0.340 e. The van der Waals surface area contributed by atoms with E-state index in [9.17, 15) is 4.79 Å². The largest absolute Gasteiger partial charge is 0.508 e. The van der Waals surface area contributed by atoms with Gasteiger partial charge in [-0.05, 0) is 32.0 Å². The molecular weight excluding hydrogens is 204 g/mol.